The third kappa shape index (κ3) is 3.22. The molecule has 0 saturated heterocycles. The summed E-state index contributed by atoms with van der Waals surface area (Å²) in [5.41, 5.74) is 3.48. The number of fused-ring (bicyclic) bond motifs is 1. The average Bonchev–Trinajstić information content (AvgIpc) is 2.53. The number of benzene rings is 1. The molecule has 1 aliphatic heterocycles. The molecular weight excluding hydrogens is 260 g/mol. The second-order valence-electron chi connectivity index (χ2n) is 6.92. The van der Waals surface area contributed by atoms with E-state index in [2.05, 4.69) is 23.6 Å². The highest BCUT2D eigenvalue weighted by Gasteiger charge is 2.27. The lowest BCUT2D eigenvalue weighted by molar-refractivity contribution is 0.0918. The van der Waals surface area contributed by atoms with Crippen LogP contribution in [0.25, 0.3) is 0 Å². The van der Waals surface area contributed by atoms with Crippen LogP contribution in [0.1, 0.15) is 61.4 Å². The van der Waals surface area contributed by atoms with Gasteiger partial charge in [-0.05, 0) is 48.8 Å². The monoisotopic (exact) mass is 286 g/mol. The number of anilines is 1. The van der Waals surface area contributed by atoms with E-state index in [1.165, 1.54) is 37.7 Å². The lowest BCUT2D eigenvalue weighted by Gasteiger charge is -2.33. The average molecular weight is 286 g/mol. The zero-order valence-electron chi connectivity index (χ0n) is 13.0. The van der Waals surface area contributed by atoms with Crippen LogP contribution in [0.2, 0.25) is 0 Å². The van der Waals surface area contributed by atoms with Gasteiger partial charge in [0.15, 0.2) is 0 Å². The fraction of sp³-hybridized carbons (Fsp3) is 0.611. The number of nitrogens with one attached hydrogen (secondary N) is 2. The van der Waals surface area contributed by atoms with E-state index in [1.807, 2.05) is 12.1 Å². The third-order valence-corrected chi connectivity index (χ3v) is 5.08. The molecule has 3 rings (SSSR count). The Labute approximate surface area is 127 Å². The highest BCUT2D eigenvalue weighted by Crippen LogP contribution is 2.35. The lowest BCUT2D eigenvalue weighted by atomic mass is 9.75. The topological polar surface area (TPSA) is 41.1 Å². The summed E-state index contributed by atoms with van der Waals surface area (Å²) in [6.45, 7) is 4.13. The van der Waals surface area contributed by atoms with Crippen molar-refractivity contribution in [3.63, 3.8) is 0 Å². The highest BCUT2D eigenvalue weighted by molar-refractivity contribution is 5.97. The van der Waals surface area contributed by atoms with E-state index < -0.39 is 0 Å². The normalized spacial score (nSPS) is 20.2. The molecule has 0 atom stereocenters. The molecule has 0 aromatic heterocycles. The summed E-state index contributed by atoms with van der Waals surface area (Å²) in [6.07, 6.45) is 8.54. The molecule has 1 aromatic rings. The maximum absolute atomic E-state index is 12.6. The quantitative estimate of drug-likeness (QED) is 0.888. The number of rotatable bonds is 3. The van der Waals surface area contributed by atoms with Crippen LogP contribution in [0, 0.1) is 5.41 Å². The second kappa shape index (κ2) is 6.08. The van der Waals surface area contributed by atoms with Gasteiger partial charge in [-0.1, -0.05) is 32.3 Å². The van der Waals surface area contributed by atoms with Crippen LogP contribution in [0.15, 0.2) is 18.2 Å². The summed E-state index contributed by atoms with van der Waals surface area (Å²) >= 11 is 0. The van der Waals surface area contributed by atoms with E-state index in [1.54, 1.807) is 0 Å². The number of hydrogen-bond acceptors (Lipinski definition) is 2. The molecule has 3 heteroatoms. The van der Waals surface area contributed by atoms with Gasteiger partial charge < -0.3 is 10.6 Å². The lowest BCUT2D eigenvalue weighted by Crippen LogP contribution is -2.37. The van der Waals surface area contributed by atoms with E-state index in [4.69, 9.17) is 0 Å². The fourth-order valence-electron chi connectivity index (χ4n) is 3.69. The third-order valence-electron chi connectivity index (χ3n) is 5.08. The predicted molar refractivity (Wildman–Crippen MR) is 86.8 cm³/mol. The Kier molecular flexibility index (Phi) is 4.18. The predicted octanol–water partition coefficient (Wildman–Crippen LogP) is 3.74. The number of hydrogen-bond donors (Lipinski definition) is 2. The van der Waals surface area contributed by atoms with Gasteiger partial charge in [-0.15, -0.1) is 0 Å². The van der Waals surface area contributed by atoms with Crippen molar-refractivity contribution in [2.24, 2.45) is 5.41 Å². The second-order valence-corrected chi connectivity index (χ2v) is 6.92. The van der Waals surface area contributed by atoms with Gasteiger partial charge in [-0.3, -0.25) is 4.79 Å². The molecule has 0 radical (unpaired) electrons. The van der Waals surface area contributed by atoms with Gasteiger partial charge in [0, 0.05) is 24.3 Å². The van der Waals surface area contributed by atoms with E-state index >= 15 is 0 Å². The Morgan fingerprint density at radius 2 is 2.05 bits per heavy atom. The molecule has 1 amide bonds. The maximum Gasteiger partial charge on any atom is 0.251 e. The van der Waals surface area contributed by atoms with Crippen molar-refractivity contribution in [3.05, 3.63) is 29.3 Å². The molecule has 0 bridgehead atoms. The van der Waals surface area contributed by atoms with E-state index in [9.17, 15) is 4.79 Å². The summed E-state index contributed by atoms with van der Waals surface area (Å²) in [5.74, 6) is 0.0994. The summed E-state index contributed by atoms with van der Waals surface area (Å²) in [7, 11) is 0. The van der Waals surface area contributed by atoms with Crippen molar-refractivity contribution in [2.75, 3.05) is 18.4 Å². The van der Waals surface area contributed by atoms with E-state index in [0.717, 1.165) is 37.2 Å². The molecular formula is C18H26N2O. The van der Waals surface area contributed by atoms with Gasteiger partial charge in [-0.2, -0.15) is 0 Å². The molecule has 21 heavy (non-hydrogen) atoms. The maximum atomic E-state index is 12.6. The molecule has 1 aliphatic carbocycles. The smallest absolute Gasteiger partial charge is 0.251 e. The van der Waals surface area contributed by atoms with Gasteiger partial charge in [0.2, 0.25) is 0 Å². The Balaban J connectivity index is 1.68. The van der Waals surface area contributed by atoms with Crippen molar-refractivity contribution < 1.29 is 4.79 Å². The van der Waals surface area contributed by atoms with Crippen molar-refractivity contribution in [3.8, 4) is 0 Å². The van der Waals surface area contributed by atoms with Crippen molar-refractivity contribution in [1.82, 2.24) is 5.32 Å². The van der Waals surface area contributed by atoms with Gasteiger partial charge in [0.1, 0.15) is 0 Å². The molecule has 2 N–H and O–H groups in total. The molecule has 1 saturated carbocycles. The SMILES string of the molecule is CC1(CNC(=O)c2cccc3c2CCCN3)CCCCC1. The minimum atomic E-state index is 0.0994. The van der Waals surface area contributed by atoms with E-state index in [0.29, 0.717) is 5.41 Å². The van der Waals surface area contributed by atoms with E-state index in [-0.39, 0.29) is 5.91 Å². The van der Waals surface area contributed by atoms with Crippen LogP contribution in [-0.4, -0.2) is 19.0 Å². The van der Waals surface area contributed by atoms with Crippen LogP contribution >= 0.6 is 0 Å². The van der Waals surface area contributed by atoms with Crippen molar-refractivity contribution in [1.29, 1.82) is 0 Å². The largest absolute Gasteiger partial charge is 0.385 e. The number of amides is 1. The molecule has 3 nitrogen and oxygen atoms in total. The Morgan fingerprint density at radius 1 is 1.24 bits per heavy atom. The minimum Gasteiger partial charge on any atom is -0.385 e. The van der Waals surface area contributed by atoms with Crippen LogP contribution in [0.3, 0.4) is 0 Å². The summed E-state index contributed by atoms with van der Waals surface area (Å²) < 4.78 is 0. The van der Waals surface area contributed by atoms with Crippen LogP contribution < -0.4 is 10.6 Å². The Hall–Kier alpha value is -1.51. The molecule has 1 aromatic carbocycles. The zero-order valence-corrected chi connectivity index (χ0v) is 13.0. The molecule has 114 valence electrons. The molecule has 0 spiro atoms. The van der Waals surface area contributed by atoms with Crippen LogP contribution in [-0.2, 0) is 6.42 Å². The first-order chi connectivity index (χ1) is 10.2. The first-order valence-electron chi connectivity index (χ1n) is 8.32. The number of carbonyl (C=O) groups excluding carboxylic acids is 1. The minimum absolute atomic E-state index is 0.0994. The zero-order chi connectivity index (χ0) is 14.7. The summed E-state index contributed by atoms with van der Waals surface area (Å²) in [6, 6.07) is 6.02. The van der Waals surface area contributed by atoms with Gasteiger partial charge in [0.05, 0.1) is 0 Å². The Morgan fingerprint density at radius 3 is 2.86 bits per heavy atom. The van der Waals surface area contributed by atoms with Crippen molar-refractivity contribution >= 4 is 11.6 Å². The number of carbonyl (C=O) groups is 1. The molecule has 1 fully saturated rings. The first kappa shape index (κ1) is 14.4. The van der Waals surface area contributed by atoms with Gasteiger partial charge in [0.25, 0.3) is 5.91 Å². The first-order valence-corrected chi connectivity index (χ1v) is 8.32. The van der Waals surface area contributed by atoms with Gasteiger partial charge >= 0.3 is 0 Å². The standard InChI is InChI=1S/C18H26N2O/c1-18(10-3-2-4-11-18)13-20-17(21)15-7-5-9-16-14(15)8-6-12-19-16/h5,7,9,19H,2-4,6,8,10-13H2,1H3,(H,20,21). The molecule has 0 unspecified atom stereocenters. The fourth-order valence-corrected chi connectivity index (χ4v) is 3.69. The summed E-state index contributed by atoms with van der Waals surface area (Å²) in [5, 5.41) is 6.58. The molecule has 2 aliphatic rings. The highest BCUT2D eigenvalue weighted by atomic mass is 16.1. The van der Waals surface area contributed by atoms with Gasteiger partial charge in [-0.25, -0.2) is 0 Å². The van der Waals surface area contributed by atoms with Crippen LogP contribution in [0.4, 0.5) is 5.69 Å². The van der Waals surface area contributed by atoms with Crippen LogP contribution in [0.5, 0.6) is 0 Å². The van der Waals surface area contributed by atoms with Crippen molar-refractivity contribution in [2.45, 2.75) is 51.9 Å². The molecule has 1 heterocycles. The Bertz CT molecular complexity index is 518. The summed E-state index contributed by atoms with van der Waals surface area (Å²) in [4.78, 5) is 12.6.